The zero-order valence-electron chi connectivity index (χ0n) is 6.80. The zero-order valence-corrected chi connectivity index (χ0v) is 6.80. The largest absolute Gasteiger partial charge is 0.394 e. The van der Waals surface area contributed by atoms with Crippen molar-refractivity contribution in [3.63, 3.8) is 0 Å². The second-order valence-electron chi connectivity index (χ2n) is 2.22. The lowest BCUT2D eigenvalue weighted by molar-refractivity contribution is 0.0948. The van der Waals surface area contributed by atoms with Crippen LogP contribution in [0.15, 0.2) is 0 Å². The molecule has 0 aliphatic rings. The van der Waals surface area contributed by atoms with Gasteiger partial charge in [0.05, 0.1) is 12.7 Å². The van der Waals surface area contributed by atoms with Gasteiger partial charge in [-0.25, -0.2) is 0 Å². The van der Waals surface area contributed by atoms with Crippen LogP contribution < -0.4 is 5.32 Å². The Bertz CT molecular complexity index is 137. The molecule has 0 heterocycles. The Balaban J connectivity index is 3.05. The second-order valence-corrected chi connectivity index (χ2v) is 2.22. The third-order valence-corrected chi connectivity index (χ3v) is 1.19. The Hall–Kier alpha value is -0.560. The van der Waals surface area contributed by atoms with E-state index in [0.29, 0.717) is 6.54 Å². The molecule has 0 bridgehead atoms. The van der Waals surface area contributed by atoms with Crippen molar-refractivity contribution in [1.82, 2.24) is 5.32 Å². The van der Waals surface area contributed by atoms with E-state index in [1.165, 1.54) is 0 Å². The normalized spacial score (nSPS) is 11.9. The molecule has 0 fully saturated rings. The molecule has 0 aromatic rings. The molecule has 0 aliphatic heterocycles. The lowest BCUT2D eigenvalue weighted by atomic mass is 10.3. The lowest BCUT2D eigenvalue weighted by Gasteiger charge is -2.06. The summed E-state index contributed by atoms with van der Waals surface area (Å²) < 4.78 is 0. The summed E-state index contributed by atoms with van der Waals surface area (Å²) in [6, 6.07) is 0. The van der Waals surface area contributed by atoms with Crippen molar-refractivity contribution in [1.29, 1.82) is 0 Å². The number of hydrogen-bond donors (Lipinski definition) is 3. The molecule has 0 amide bonds. The van der Waals surface area contributed by atoms with Gasteiger partial charge >= 0.3 is 0 Å². The van der Waals surface area contributed by atoms with Crippen molar-refractivity contribution >= 4 is 0 Å². The first-order valence-electron chi connectivity index (χ1n) is 3.70. The van der Waals surface area contributed by atoms with Crippen LogP contribution in [0.5, 0.6) is 0 Å². The predicted molar refractivity (Wildman–Crippen MR) is 44.0 cm³/mol. The molecule has 0 rings (SSSR count). The molecule has 0 saturated heterocycles. The van der Waals surface area contributed by atoms with Gasteiger partial charge in [0, 0.05) is 19.5 Å². The minimum absolute atomic E-state index is 0.188. The topological polar surface area (TPSA) is 52.5 Å². The molecule has 0 radical (unpaired) electrons. The van der Waals surface area contributed by atoms with E-state index < -0.39 is 6.10 Å². The number of nitrogens with one attached hydrogen (secondary N) is 1. The van der Waals surface area contributed by atoms with Crippen molar-refractivity contribution in [2.24, 2.45) is 0 Å². The van der Waals surface area contributed by atoms with E-state index in [1.54, 1.807) is 6.92 Å². The summed E-state index contributed by atoms with van der Waals surface area (Å²) in [4.78, 5) is 0. The second kappa shape index (κ2) is 7.55. The highest BCUT2D eigenvalue weighted by atomic mass is 16.3. The smallest absolute Gasteiger partial charge is 0.0894 e. The summed E-state index contributed by atoms with van der Waals surface area (Å²) in [6.45, 7) is 2.80. The molecule has 3 nitrogen and oxygen atoms in total. The number of hydrogen-bond acceptors (Lipinski definition) is 3. The van der Waals surface area contributed by atoms with Gasteiger partial charge in [-0.2, -0.15) is 0 Å². The Morgan fingerprint density at radius 3 is 2.82 bits per heavy atom. The van der Waals surface area contributed by atoms with Crippen LogP contribution in [0.25, 0.3) is 0 Å². The van der Waals surface area contributed by atoms with Crippen LogP contribution in [0.4, 0.5) is 0 Å². The summed E-state index contributed by atoms with van der Waals surface area (Å²) in [7, 11) is 0. The fourth-order valence-electron chi connectivity index (χ4n) is 0.609. The highest BCUT2D eigenvalue weighted by Gasteiger charge is 1.98. The quantitative estimate of drug-likeness (QED) is 0.367. The molecule has 0 saturated carbocycles. The van der Waals surface area contributed by atoms with E-state index in [-0.39, 0.29) is 6.61 Å². The first kappa shape index (κ1) is 10.4. The maximum atomic E-state index is 8.87. The van der Waals surface area contributed by atoms with Crippen LogP contribution in [-0.2, 0) is 0 Å². The lowest BCUT2D eigenvalue weighted by Crippen LogP contribution is -2.29. The maximum absolute atomic E-state index is 8.87. The standard InChI is InChI=1S/C8H15NO2/c1-2-3-4-5-9-6-8(11)7-10/h8-11H,4-7H2,1H3/t8-/m0/s1. The molecule has 11 heavy (non-hydrogen) atoms. The fourth-order valence-corrected chi connectivity index (χ4v) is 0.609. The molecular formula is C8H15NO2. The van der Waals surface area contributed by atoms with Crippen LogP contribution in [0.2, 0.25) is 0 Å². The molecule has 0 aromatic carbocycles. The van der Waals surface area contributed by atoms with Gasteiger partial charge in [-0.1, -0.05) is 0 Å². The maximum Gasteiger partial charge on any atom is 0.0894 e. The molecule has 0 aliphatic carbocycles. The van der Waals surface area contributed by atoms with E-state index in [0.717, 1.165) is 13.0 Å². The minimum atomic E-state index is -0.649. The average Bonchev–Trinajstić information content (AvgIpc) is 2.04. The van der Waals surface area contributed by atoms with Crippen molar-refractivity contribution in [2.75, 3.05) is 19.7 Å². The van der Waals surface area contributed by atoms with Crippen LogP contribution in [0.3, 0.4) is 0 Å². The first-order chi connectivity index (χ1) is 5.31. The molecule has 0 aromatic heterocycles. The first-order valence-corrected chi connectivity index (χ1v) is 3.70. The number of aliphatic hydroxyl groups excluding tert-OH is 2. The van der Waals surface area contributed by atoms with Gasteiger partial charge in [-0.15, -0.1) is 11.8 Å². The van der Waals surface area contributed by atoms with Gasteiger partial charge in [0.15, 0.2) is 0 Å². The van der Waals surface area contributed by atoms with Gasteiger partial charge in [0.25, 0.3) is 0 Å². The fraction of sp³-hybridized carbons (Fsp3) is 0.750. The zero-order chi connectivity index (χ0) is 8.53. The average molecular weight is 157 g/mol. The van der Waals surface area contributed by atoms with Gasteiger partial charge in [0.2, 0.25) is 0 Å². The van der Waals surface area contributed by atoms with E-state index in [2.05, 4.69) is 17.2 Å². The number of rotatable bonds is 5. The van der Waals surface area contributed by atoms with E-state index >= 15 is 0 Å². The molecule has 3 heteroatoms. The summed E-state index contributed by atoms with van der Waals surface area (Å²) in [6.07, 6.45) is 0.138. The van der Waals surface area contributed by atoms with Crippen molar-refractivity contribution in [3.8, 4) is 11.8 Å². The summed E-state index contributed by atoms with van der Waals surface area (Å²) >= 11 is 0. The van der Waals surface area contributed by atoms with Crippen LogP contribution in [0.1, 0.15) is 13.3 Å². The van der Waals surface area contributed by atoms with Crippen molar-refractivity contribution in [2.45, 2.75) is 19.4 Å². The van der Waals surface area contributed by atoms with Gasteiger partial charge in [-0.3, -0.25) is 0 Å². The molecule has 0 unspecified atom stereocenters. The Labute approximate surface area is 67.4 Å². The SMILES string of the molecule is CC#CCCNC[C@H](O)CO. The molecule has 1 atom stereocenters. The predicted octanol–water partition coefficient (Wildman–Crippen LogP) is -0.657. The third-order valence-electron chi connectivity index (χ3n) is 1.19. The van der Waals surface area contributed by atoms with E-state index in [9.17, 15) is 0 Å². The Morgan fingerprint density at radius 1 is 1.55 bits per heavy atom. The number of aliphatic hydroxyl groups is 2. The summed E-state index contributed by atoms with van der Waals surface area (Å²) in [5, 5.41) is 20.2. The van der Waals surface area contributed by atoms with Crippen LogP contribution >= 0.6 is 0 Å². The van der Waals surface area contributed by atoms with Gasteiger partial charge in [0.1, 0.15) is 0 Å². The summed E-state index contributed by atoms with van der Waals surface area (Å²) in [5.74, 6) is 5.65. The molecule has 0 spiro atoms. The monoisotopic (exact) mass is 157 g/mol. The van der Waals surface area contributed by atoms with Crippen LogP contribution in [-0.4, -0.2) is 36.0 Å². The van der Waals surface area contributed by atoms with Gasteiger partial charge < -0.3 is 15.5 Å². The Kier molecular flexibility index (Phi) is 7.16. The highest BCUT2D eigenvalue weighted by Crippen LogP contribution is 1.77. The Morgan fingerprint density at radius 2 is 2.27 bits per heavy atom. The van der Waals surface area contributed by atoms with E-state index in [1.807, 2.05) is 0 Å². The molecule has 64 valence electrons. The summed E-state index contributed by atoms with van der Waals surface area (Å²) in [5.41, 5.74) is 0. The van der Waals surface area contributed by atoms with E-state index in [4.69, 9.17) is 10.2 Å². The van der Waals surface area contributed by atoms with Crippen molar-refractivity contribution in [3.05, 3.63) is 0 Å². The third kappa shape index (κ3) is 7.34. The minimum Gasteiger partial charge on any atom is -0.394 e. The van der Waals surface area contributed by atoms with Crippen LogP contribution in [0, 0.1) is 11.8 Å². The van der Waals surface area contributed by atoms with Gasteiger partial charge in [-0.05, 0) is 6.92 Å². The highest BCUT2D eigenvalue weighted by molar-refractivity contribution is 4.95. The van der Waals surface area contributed by atoms with Crippen molar-refractivity contribution < 1.29 is 10.2 Å². The molecule has 3 N–H and O–H groups in total. The molecular weight excluding hydrogens is 142 g/mol.